The zero-order chi connectivity index (χ0) is 72.0. The fraction of sp³-hybridized carbons (Fsp3) is 0.203. The molecule has 23 nitrogen and oxygen atoms in total. The van der Waals surface area contributed by atoms with Crippen LogP contribution in [0.1, 0.15) is 42.4 Å². The number of aliphatic hydroxyl groups is 1. The molecule has 0 aliphatic carbocycles. The molecule has 4 N–H and O–H groups in total. The second-order valence-corrected chi connectivity index (χ2v) is 24.8. The van der Waals surface area contributed by atoms with Crippen molar-refractivity contribution in [3.05, 3.63) is 154 Å². The van der Waals surface area contributed by atoms with Gasteiger partial charge in [-0.25, -0.2) is 15.0 Å². The van der Waals surface area contributed by atoms with Crippen LogP contribution in [-0.2, 0) is 28.1 Å². The number of phenolic OH excluding ortho intramolecular Hbond substituents is 1. The fourth-order valence-electron chi connectivity index (χ4n) is 9.44. The number of alkyl halides is 9. The molecular formula is C59H36Cl9F9N14O9. The summed E-state index contributed by atoms with van der Waals surface area (Å²) in [4.78, 5) is 46.8. The normalized spacial score (nSPS) is 14.8. The lowest BCUT2D eigenvalue weighted by Gasteiger charge is -2.14. The SMILES string of the molecule is COc1cc(Cl)c(-c2noc(-c3cn4cc(C(F)(F)F)cc(Cl)c4n3)n2)cc1Cl.O=C1CC[C@@H](CO)N1.O=C1CC[C@@H](COc2cc(Cl)c(-c3noc(-c4cn5cc(C(F)(F)F)cc(Cl)c5n4)n3)cc2Cl)N1.Oc1cc(Cl)c(-c2noc(-c3cn4cc(C(F)(F)F)cc(Cl)c4n3)n2)cc1Cl. The fourth-order valence-corrected chi connectivity index (χ4v) is 11.6. The number of aromatic hydroxyl groups is 1. The predicted molar refractivity (Wildman–Crippen MR) is 345 cm³/mol. The molecular weight excluding hydrogens is 1540 g/mol. The first-order valence-corrected chi connectivity index (χ1v) is 31.4. The minimum atomic E-state index is -4.57. The van der Waals surface area contributed by atoms with Gasteiger partial charge < -0.3 is 57.1 Å². The first-order valence-electron chi connectivity index (χ1n) is 28.0. The van der Waals surface area contributed by atoms with Crippen molar-refractivity contribution in [3.63, 3.8) is 0 Å². The van der Waals surface area contributed by atoms with Crippen LogP contribution in [0.5, 0.6) is 17.2 Å². The molecule has 522 valence electrons. The van der Waals surface area contributed by atoms with Crippen molar-refractivity contribution >= 4 is 133 Å². The summed E-state index contributed by atoms with van der Waals surface area (Å²) in [7, 11) is 1.45. The lowest BCUT2D eigenvalue weighted by atomic mass is 10.2. The Bertz CT molecular complexity index is 5120. The van der Waals surface area contributed by atoms with Crippen LogP contribution in [0.2, 0.25) is 45.2 Å². The molecule has 3 aromatic carbocycles. The van der Waals surface area contributed by atoms with Crippen LogP contribution in [0, 0.1) is 0 Å². The van der Waals surface area contributed by atoms with Crippen LogP contribution in [0.3, 0.4) is 0 Å². The molecule has 2 fully saturated rings. The Balaban J connectivity index is 0.000000144. The van der Waals surface area contributed by atoms with E-state index in [1.165, 1.54) is 62.1 Å². The van der Waals surface area contributed by atoms with E-state index >= 15 is 0 Å². The number of halogens is 18. The monoisotopic (exact) mass is 1570 g/mol. The molecule has 14 rings (SSSR count). The van der Waals surface area contributed by atoms with Gasteiger partial charge in [-0.2, -0.15) is 54.5 Å². The number of imidazole rings is 3. The number of carbonyl (C=O) groups excluding carboxylic acids is 2. The van der Waals surface area contributed by atoms with Gasteiger partial charge in [-0.1, -0.05) is 120 Å². The van der Waals surface area contributed by atoms with Gasteiger partial charge in [-0.05, 0) is 49.2 Å². The number of rotatable bonds is 11. The second-order valence-electron chi connectivity index (χ2n) is 21.2. The highest BCUT2D eigenvalue weighted by Crippen LogP contribution is 2.42. The average Bonchev–Trinajstić information content (AvgIpc) is 1.64. The lowest BCUT2D eigenvalue weighted by molar-refractivity contribution is -0.138. The maximum Gasteiger partial charge on any atom is 0.417 e. The number of phenols is 1. The molecule has 2 atom stereocenters. The number of ether oxygens (including phenoxy) is 2. The number of pyridine rings is 3. The van der Waals surface area contributed by atoms with E-state index in [0.29, 0.717) is 47.5 Å². The smallest absolute Gasteiger partial charge is 0.417 e. The number of benzene rings is 3. The van der Waals surface area contributed by atoms with Crippen molar-refractivity contribution in [2.24, 2.45) is 0 Å². The van der Waals surface area contributed by atoms with E-state index in [0.717, 1.165) is 56.4 Å². The Morgan fingerprint density at radius 1 is 0.470 bits per heavy atom. The lowest BCUT2D eigenvalue weighted by Crippen LogP contribution is -2.30. The summed E-state index contributed by atoms with van der Waals surface area (Å²) in [5.74, 6) is 0.617. The van der Waals surface area contributed by atoms with Crippen molar-refractivity contribution in [2.45, 2.75) is 56.3 Å². The molecule has 11 heterocycles. The summed E-state index contributed by atoms with van der Waals surface area (Å²) in [6, 6.07) is 10.9. The van der Waals surface area contributed by atoms with Gasteiger partial charge in [-0.3, -0.25) is 9.59 Å². The number of hydrogen-bond acceptors (Lipinski definition) is 18. The van der Waals surface area contributed by atoms with Crippen LogP contribution >= 0.6 is 104 Å². The van der Waals surface area contributed by atoms with E-state index in [4.69, 9.17) is 133 Å². The third kappa shape index (κ3) is 16.3. The van der Waals surface area contributed by atoms with E-state index in [1.807, 2.05) is 0 Å². The van der Waals surface area contributed by atoms with E-state index < -0.39 is 35.2 Å². The van der Waals surface area contributed by atoms with Gasteiger partial charge in [-0.15, -0.1) is 0 Å². The summed E-state index contributed by atoms with van der Waals surface area (Å²) >= 11 is 54.8. The van der Waals surface area contributed by atoms with Crippen LogP contribution in [-0.4, -0.2) is 113 Å². The van der Waals surface area contributed by atoms with Crippen molar-refractivity contribution < 1.29 is 82.4 Å². The number of aliphatic hydroxyl groups excluding tert-OH is 1. The molecule has 12 aromatic rings. The van der Waals surface area contributed by atoms with Gasteiger partial charge in [0.25, 0.3) is 17.7 Å². The standard InChI is InChI=1S/C21H13Cl3F3N5O3.C17H8Cl3F3N4O2.C16H6Cl3F3N4O2.C5H9NO2/c22-12-5-16(34-8-10-1-2-17(33)28-10)13(23)4-11(12)18-30-20(35-31-18)15-7-32-6-9(21(25,26)27)3-14(24)19(32)29-15;1-28-13-4-9(18)8(3-10(13)19)14-25-16(29-26-14)12-6-27-5-7(17(21,22)23)2-11(20)15(27)24-12;17-8-3-12(27)9(18)2-7(8)13-24-15(28-25-13)11-5-26-4-6(16(20,21)22)1-10(19)14(26)23-11;7-3-4-1-2-5(8)6-4/h3-7,10H,1-2,8H2,(H,28,33);2-6H,1H3;1-5,27H;4,7H,1-3H2,(H,6,8)/t10-;;;4-/m0..0/s1. The molecule has 0 saturated carbocycles. The number of fused-ring (bicyclic) bond motifs is 3. The highest BCUT2D eigenvalue weighted by atomic mass is 35.5. The van der Waals surface area contributed by atoms with E-state index in [9.17, 15) is 54.2 Å². The Hall–Kier alpha value is -8.57. The summed E-state index contributed by atoms with van der Waals surface area (Å²) < 4.78 is 147. The summed E-state index contributed by atoms with van der Waals surface area (Å²) in [6.07, 6.45) is -4.75. The maximum absolute atomic E-state index is 13.1. The highest BCUT2D eigenvalue weighted by Gasteiger charge is 2.35. The maximum atomic E-state index is 13.1. The Labute approximate surface area is 597 Å². The number of nitrogens with zero attached hydrogens (tertiary/aromatic N) is 12. The van der Waals surface area contributed by atoms with Crippen LogP contribution in [0.25, 0.3) is 85.9 Å². The zero-order valence-electron chi connectivity index (χ0n) is 49.5. The number of nitrogens with one attached hydrogen (secondary N) is 2. The molecule has 0 unspecified atom stereocenters. The first-order chi connectivity index (χ1) is 47.2. The quantitative estimate of drug-likeness (QED) is 0.0875. The van der Waals surface area contributed by atoms with Crippen molar-refractivity contribution in [2.75, 3.05) is 20.3 Å². The van der Waals surface area contributed by atoms with Gasteiger partial charge >= 0.3 is 18.5 Å². The van der Waals surface area contributed by atoms with Gasteiger partial charge in [0, 0.05) is 84.9 Å². The number of methoxy groups -OCH3 is 1. The zero-order valence-corrected chi connectivity index (χ0v) is 56.3. The van der Waals surface area contributed by atoms with Crippen LogP contribution in [0.15, 0.2) is 105 Å². The second kappa shape index (κ2) is 29.2. The van der Waals surface area contributed by atoms with Crippen LogP contribution < -0.4 is 20.1 Å². The van der Waals surface area contributed by atoms with Gasteiger partial charge in [0.15, 0.2) is 16.9 Å². The predicted octanol–water partition coefficient (Wildman–Crippen LogP) is 16.7. The van der Waals surface area contributed by atoms with Crippen molar-refractivity contribution in [1.82, 2.24) is 69.2 Å². The highest BCUT2D eigenvalue weighted by molar-refractivity contribution is 6.38. The topological polar surface area (TPSA) is 286 Å². The van der Waals surface area contributed by atoms with Crippen molar-refractivity contribution in [3.8, 4) is 86.2 Å². The number of hydrogen-bond donors (Lipinski definition) is 4. The molecule has 2 aliphatic rings. The molecule has 9 aromatic heterocycles. The van der Waals surface area contributed by atoms with Crippen LogP contribution in [0.4, 0.5) is 39.5 Å². The molecule has 2 saturated heterocycles. The Morgan fingerprint density at radius 3 is 1.16 bits per heavy atom. The molecule has 100 heavy (non-hydrogen) atoms. The Morgan fingerprint density at radius 2 is 0.820 bits per heavy atom. The van der Waals surface area contributed by atoms with E-state index in [1.54, 1.807) is 0 Å². The minimum Gasteiger partial charge on any atom is -0.506 e. The number of carbonyl (C=O) groups is 2. The molecule has 2 amide bonds. The minimum absolute atomic E-state index is 0.0281. The van der Waals surface area contributed by atoms with Crippen molar-refractivity contribution in [1.29, 1.82) is 0 Å². The molecule has 0 bridgehead atoms. The first kappa shape index (κ1) is 72.7. The molecule has 0 radical (unpaired) electrons. The third-order valence-electron chi connectivity index (χ3n) is 14.3. The number of amides is 2. The average molecular weight is 1580 g/mol. The van der Waals surface area contributed by atoms with Gasteiger partial charge in [0.05, 0.1) is 87.7 Å². The summed E-state index contributed by atoms with van der Waals surface area (Å²) in [5, 5.41) is 35.6. The van der Waals surface area contributed by atoms with E-state index in [2.05, 4.69) is 56.0 Å². The van der Waals surface area contributed by atoms with Gasteiger partial charge in [0.2, 0.25) is 29.3 Å². The molecule has 41 heteroatoms. The summed E-state index contributed by atoms with van der Waals surface area (Å²) in [5.41, 5.74) is -1.08. The van der Waals surface area contributed by atoms with Gasteiger partial charge in [0.1, 0.15) is 40.9 Å². The third-order valence-corrected chi connectivity index (χ3v) is 17.0. The largest absolute Gasteiger partial charge is 0.506 e. The molecule has 0 spiro atoms. The number of aromatic nitrogens is 12. The van der Waals surface area contributed by atoms with E-state index in [-0.39, 0.29) is 157 Å². The summed E-state index contributed by atoms with van der Waals surface area (Å²) in [6.45, 7) is 0.311. The molecule has 2 aliphatic heterocycles. The Kier molecular flexibility index (Phi) is 21.2.